The van der Waals surface area contributed by atoms with Crippen molar-refractivity contribution in [2.75, 3.05) is 36.8 Å². The normalized spacial score (nSPS) is 18.5. The number of nitrogens with one attached hydrogen (secondary N) is 5. The van der Waals surface area contributed by atoms with Crippen molar-refractivity contribution in [3.05, 3.63) is 144 Å². The molecule has 4 aromatic heterocycles. The first-order valence-corrected chi connectivity index (χ1v) is 32.5. The van der Waals surface area contributed by atoms with Gasteiger partial charge in [0.2, 0.25) is 11.9 Å². The Hall–Kier alpha value is -7.93. The van der Waals surface area contributed by atoms with Crippen LogP contribution in [0.25, 0.3) is 55.7 Å². The fraction of sp³-hybridized carbons (Fsp3) is 0.426. The van der Waals surface area contributed by atoms with Crippen molar-refractivity contribution in [3.8, 4) is 33.9 Å². The molecule has 4 aliphatic rings. The number of carbonyl (C=O) groups excluding carboxylic acids is 3. The number of anilines is 2. The molecule has 8 aromatic rings. The number of alkyl carbamates (subject to hydrolysis) is 2. The fourth-order valence-corrected chi connectivity index (χ4v) is 12.1. The molecule has 0 radical (unpaired) electrons. The summed E-state index contributed by atoms with van der Waals surface area (Å²) < 4.78 is 48.1. The second-order valence-corrected chi connectivity index (χ2v) is 25.6. The van der Waals surface area contributed by atoms with Gasteiger partial charge in [-0.2, -0.15) is 16.8 Å². The Balaban J connectivity index is 0.000000234. The highest BCUT2D eigenvalue weighted by atomic mass is 35.5. The van der Waals surface area contributed by atoms with Crippen molar-refractivity contribution in [2.45, 2.75) is 162 Å². The van der Waals surface area contributed by atoms with Crippen LogP contribution in [0.1, 0.15) is 121 Å². The van der Waals surface area contributed by atoms with E-state index in [0.29, 0.717) is 52.3 Å². The van der Waals surface area contributed by atoms with E-state index in [1.54, 1.807) is 12.4 Å². The van der Waals surface area contributed by atoms with Gasteiger partial charge in [-0.3, -0.25) is 9.69 Å². The molecule has 21 nitrogen and oxygen atoms in total. The summed E-state index contributed by atoms with van der Waals surface area (Å²) in [7, 11) is 0. The molecule has 0 unspecified atom stereocenters. The molecule has 2 saturated carbocycles. The Morgan fingerprint density at radius 3 is 1.53 bits per heavy atom. The van der Waals surface area contributed by atoms with Gasteiger partial charge >= 0.3 is 35.3 Å². The summed E-state index contributed by atoms with van der Waals surface area (Å²) in [5.74, 6) is 1.40. The van der Waals surface area contributed by atoms with Crippen LogP contribution in [0.4, 0.5) is 21.5 Å². The first kappa shape index (κ1) is 74.1. The van der Waals surface area contributed by atoms with Gasteiger partial charge < -0.3 is 45.2 Å². The molecular formula is C68H86Cl2N12O9S2. The largest absolute Gasteiger partial charge is 0.444 e. The summed E-state index contributed by atoms with van der Waals surface area (Å²) >= 11 is 11.8. The third-order valence-corrected chi connectivity index (χ3v) is 16.1. The van der Waals surface area contributed by atoms with Crippen molar-refractivity contribution >= 4 is 98.0 Å². The van der Waals surface area contributed by atoms with Crippen LogP contribution < -0.4 is 26.6 Å². The maximum Gasteiger partial charge on any atom is 0.407 e. The molecule has 0 spiro atoms. The number of carbonyl (C=O) groups is 3. The van der Waals surface area contributed by atoms with Crippen molar-refractivity contribution < 1.29 is 40.7 Å². The summed E-state index contributed by atoms with van der Waals surface area (Å²) in [6.45, 7) is 14.9. The average molecular weight is 1350 g/mol. The molecule has 0 bridgehead atoms. The van der Waals surface area contributed by atoms with Gasteiger partial charge in [-0.05, 0) is 136 Å². The van der Waals surface area contributed by atoms with Crippen LogP contribution in [0.15, 0.2) is 134 Å². The minimum absolute atomic E-state index is 0. The van der Waals surface area contributed by atoms with Crippen molar-refractivity contribution in [1.29, 1.82) is 0 Å². The van der Waals surface area contributed by atoms with Crippen LogP contribution in [-0.4, -0.2) is 136 Å². The van der Waals surface area contributed by atoms with E-state index in [-0.39, 0.29) is 51.2 Å². The van der Waals surface area contributed by atoms with Gasteiger partial charge in [-0.1, -0.05) is 111 Å². The number of hydrogen-bond acceptors (Lipinski definition) is 17. The maximum atomic E-state index is 12.3. The molecule has 6 heterocycles. The molecule has 2 aliphatic carbocycles. The standard InChI is InChI=1S/C33H39ClN6O2.C24H21ClN4O.C9H18N2O2.2CH4.2O2S/c1-33(2,3)42-32(41)37-23-16-17-39(20-23)25-13-9-10-22(18-25)36-31-35-19-28(34)30(38-31)27-21-40(24-11-5-4-6-12-24)29-15-8-7-14-26(27)29;25-21-14-26-24(27-16-7-6-10-18(30)13-16)28-23(21)20-15-29(17-8-2-1-3-9-17)22-12-5-4-11-19(20)22;1-9(2,3)13-8(12)11-7-4-5-10-6-7;;;2*1-3-2/h4-8,11-12,14-15,19,21-23,25H,9-10,13,16-18,20H2,1-3H3,(H,37,41)(H,35,36,38);1-5,8-9,11-12,14-16H,6-7,10,13H2,(H,26,27,28);7,10H,4-6H2,1-3H3,(H,11,12);2*1H4;;/t22-,23+,25+;16-;7-;;;;/m110..../s1. The molecule has 4 fully saturated rings. The van der Waals surface area contributed by atoms with Crippen LogP contribution in [0, 0.1) is 0 Å². The third-order valence-electron chi connectivity index (χ3n) is 15.5. The molecule has 2 aliphatic heterocycles. The zero-order chi connectivity index (χ0) is 65.1. The van der Waals surface area contributed by atoms with Crippen LogP contribution in [0.3, 0.4) is 0 Å². The number of benzene rings is 4. The van der Waals surface area contributed by atoms with E-state index in [2.05, 4.69) is 118 Å². The first-order chi connectivity index (χ1) is 43.7. The van der Waals surface area contributed by atoms with E-state index in [9.17, 15) is 14.4 Å². The molecule has 25 heteroatoms. The second kappa shape index (κ2) is 35.4. The Morgan fingerprint density at radius 1 is 0.591 bits per heavy atom. The van der Waals surface area contributed by atoms with Gasteiger partial charge in [0.25, 0.3) is 0 Å². The highest BCUT2D eigenvalue weighted by molar-refractivity contribution is 7.52. The Morgan fingerprint density at radius 2 is 1.05 bits per heavy atom. The Kier molecular flexibility index (Phi) is 28.2. The van der Waals surface area contributed by atoms with Crippen molar-refractivity contribution in [1.82, 2.24) is 49.9 Å². The number of para-hydroxylation sites is 4. The highest BCUT2D eigenvalue weighted by Gasteiger charge is 2.34. The predicted molar refractivity (Wildman–Crippen MR) is 370 cm³/mol. The number of ketones is 1. The lowest BCUT2D eigenvalue weighted by Crippen LogP contribution is -2.44. The number of likely N-dealkylation sites (tertiary alicyclic amines) is 1. The van der Waals surface area contributed by atoms with E-state index >= 15 is 0 Å². The van der Waals surface area contributed by atoms with Crippen molar-refractivity contribution in [3.63, 3.8) is 0 Å². The zero-order valence-electron chi connectivity index (χ0n) is 51.9. The van der Waals surface area contributed by atoms with E-state index in [1.165, 1.54) is 0 Å². The van der Waals surface area contributed by atoms with E-state index in [0.717, 1.165) is 128 Å². The topological polar surface area (TPSA) is 263 Å². The average Bonchev–Trinajstić information content (AvgIpc) is 1.64. The maximum absolute atomic E-state index is 12.3. The Labute approximate surface area is 562 Å². The number of fused-ring (bicyclic) bond motifs is 2. The van der Waals surface area contributed by atoms with Gasteiger partial charge in [0.1, 0.15) is 17.0 Å². The molecule has 4 aromatic carbocycles. The lowest BCUT2D eigenvalue weighted by molar-refractivity contribution is -0.120. The predicted octanol–water partition coefficient (Wildman–Crippen LogP) is 13.5. The number of amides is 2. The summed E-state index contributed by atoms with van der Waals surface area (Å²) in [5.41, 5.74) is 6.78. The van der Waals surface area contributed by atoms with E-state index < -0.39 is 34.3 Å². The minimum atomic E-state index is -0.750. The Bertz CT molecular complexity index is 3800. The van der Waals surface area contributed by atoms with Gasteiger partial charge in [0.15, 0.2) is 0 Å². The zero-order valence-corrected chi connectivity index (χ0v) is 55.0. The number of hydrogen-bond donors (Lipinski definition) is 5. The summed E-state index contributed by atoms with van der Waals surface area (Å²) in [6, 6.07) is 38.2. The highest BCUT2D eigenvalue weighted by Crippen LogP contribution is 2.38. The lowest BCUT2D eigenvalue weighted by atomic mass is 9.90. The quantitative estimate of drug-likeness (QED) is 0.0806. The number of Topliss-reactive ketones (excluding diaryl/α,β-unsaturated/α-hetero) is 1. The summed E-state index contributed by atoms with van der Waals surface area (Å²) in [6.07, 6.45) is 16.2. The smallest absolute Gasteiger partial charge is 0.407 e. The lowest BCUT2D eigenvalue weighted by Gasteiger charge is -2.35. The van der Waals surface area contributed by atoms with E-state index in [4.69, 9.17) is 59.5 Å². The van der Waals surface area contributed by atoms with Gasteiger partial charge in [-0.15, -0.1) is 0 Å². The molecule has 5 N–H and O–H groups in total. The van der Waals surface area contributed by atoms with Crippen LogP contribution in [-0.2, 0) is 37.4 Å². The van der Waals surface area contributed by atoms with Gasteiger partial charge in [-0.25, -0.2) is 29.5 Å². The van der Waals surface area contributed by atoms with Crippen LogP contribution in [0.5, 0.6) is 0 Å². The van der Waals surface area contributed by atoms with E-state index in [1.807, 2.05) is 96.1 Å². The molecule has 93 heavy (non-hydrogen) atoms. The SMILES string of the molecule is C.C.CC(C)(C)OC(=O)N[C@H]1CCN([C@H]2CCC[C@@H](Nc3ncc(Cl)c(-c4cn(-c5ccccc5)c5ccccc45)n3)C2)C1.CC(C)(C)OC(=O)N[C@H]1CCNC1.O=C1CCC[C@@H](Nc2ncc(Cl)c(-c3cn(-c4ccccc4)c4ccccc34)n2)C1.O=S=O.O=S=O. The molecule has 5 atom stereocenters. The fourth-order valence-electron chi connectivity index (χ4n) is 11.7. The monoisotopic (exact) mass is 1350 g/mol. The number of rotatable bonds is 11. The van der Waals surface area contributed by atoms with Gasteiger partial charge in [0.05, 0.1) is 44.9 Å². The number of nitrogens with zero attached hydrogens (tertiary/aromatic N) is 7. The number of aromatic nitrogens is 6. The molecule has 2 amide bonds. The first-order valence-electron chi connectivity index (χ1n) is 30.4. The molecular weight excluding hydrogens is 1260 g/mol. The molecule has 498 valence electrons. The van der Waals surface area contributed by atoms with Crippen LogP contribution >= 0.6 is 23.2 Å². The number of ether oxygens (including phenoxy) is 2. The molecule has 2 saturated heterocycles. The number of halogens is 2. The van der Waals surface area contributed by atoms with Crippen molar-refractivity contribution in [2.24, 2.45) is 0 Å². The van der Waals surface area contributed by atoms with Crippen LogP contribution in [0.2, 0.25) is 10.0 Å². The van der Waals surface area contributed by atoms with Gasteiger partial charge in [0, 0.05) is 108 Å². The third kappa shape index (κ3) is 21.6. The summed E-state index contributed by atoms with van der Waals surface area (Å²) in [4.78, 5) is 56.4. The summed E-state index contributed by atoms with van der Waals surface area (Å²) in [5, 5.41) is 19.2. The minimum Gasteiger partial charge on any atom is -0.444 e. The second-order valence-electron chi connectivity index (χ2n) is 24.5. The molecule has 12 rings (SSSR count).